The molecule has 0 aliphatic heterocycles. The quantitative estimate of drug-likeness (QED) is 0.903. The Balaban J connectivity index is 2.02. The van der Waals surface area contributed by atoms with Crippen LogP contribution in [0.1, 0.15) is 17.7 Å². The molecule has 0 aliphatic carbocycles. The van der Waals surface area contributed by atoms with Crippen molar-refractivity contribution in [1.29, 1.82) is 0 Å². The Labute approximate surface area is 110 Å². The van der Waals surface area contributed by atoms with Gasteiger partial charge in [-0.2, -0.15) is 0 Å². The van der Waals surface area contributed by atoms with E-state index < -0.39 is 5.97 Å². The molecule has 0 aliphatic rings. The molecule has 1 N–H and O–H groups in total. The van der Waals surface area contributed by atoms with Crippen LogP contribution in [0.15, 0.2) is 36.8 Å². The van der Waals surface area contributed by atoms with Crippen molar-refractivity contribution >= 4 is 17.6 Å². The molecule has 18 heavy (non-hydrogen) atoms. The maximum atomic E-state index is 10.5. The number of carbonyl (C=O) groups is 1. The summed E-state index contributed by atoms with van der Waals surface area (Å²) in [4.78, 5) is 14.6. The lowest BCUT2D eigenvalue weighted by molar-refractivity contribution is -0.136. The summed E-state index contributed by atoms with van der Waals surface area (Å²) in [6.45, 7) is 0.639. The molecular formula is C13H13ClN2O2. The maximum absolute atomic E-state index is 10.5. The van der Waals surface area contributed by atoms with E-state index in [1.165, 1.54) is 0 Å². The van der Waals surface area contributed by atoms with Crippen molar-refractivity contribution in [3.63, 3.8) is 0 Å². The Morgan fingerprint density at radius 1 is 1.39 bits per heavy atom. The van der Waals surface area contributed by atoms with Crippen molar-refractivity contribution in [2.45, 2.75) is 19.4 Å². The minimum Gasteiger partial charge on any atom is -0.481 e. The lowest BCUT2D eigenvalue weighted by Crippen LogP contribution is -1.98. The molecule has 0 radical (unpaired) electrons. The molecule has 0 amide bonds. The number of carboxylic acids is 1. The average Bonchev–Trinajstić information content (AvgIpc) is 2.77. The van der Waals surface area contributed by atoms with Gasteiger partial charge in [-0.05, 0) is 11.6 Å². The van der Waals surface area contributed by atoms with Gasteiger partial charge in [0.2, 0.25) is 0 Å². The zero-order chi connectivity index (χ0) is 13.0. The molecule has 0 atom stereocenters. The Hall–Kier alpha value is -1.81. The number of rotatable bonds is 5. The number of aryl methyl sites for hydroxylation is 1. The molecule has 94 valence electrons. The van der Waals surface area contributed by atoms with Gasteiger partial charge in [-0.3, -0.25) is 4.79 Å². The number of halogens is 1. The van der Waals surface area contributed by atoms with Crippen molar-refractivity contribution < 1.29 is 9.90 Å². The molecular weight excluding hydrogens is 252 g/mol. The third-order valence-corrected chi connectivity index (χ3v) is 2.96. The van der Waals surface area contributed by atoms with Gasteiger partial charge in [0.25, 0.3) is 0 Å². The summed E-state index contributed by atoms with van der Waals surface area (Å²) in [5.74, 6) is -0.810. The predicted molar refractivity (Wildman–Crippen MR) is 68.7 cm³/mol. The average molecular weight is 265 g/mol. The van der Waals surface area contributed by atoms with E-state index in [-0.39, 0.29) is 6.42 Å². The van der Waals surface area contributed by atoms with Crippen LogP contribution in [0.2, 0.25) is 5.02 Å². The molecule has 4 nitrogen and oxygen atoms in total. The zero-order valence-electron chi connectivity index (χ0n) is 9.71. The van der Waals surface area contributed by atoms with Crippen LogP contribution in [0, 0.1) is 0 Å². The van der Waals surface area contributed by atoms with Crippen LogP contribution >= 0.6 is 11.6 Å². The SMILES string of the molecule is O=C(O)CCc1cn(Cc2ccccc2Cl)cn1. The molecule has 1 aromatic heterocycles. The number of imidazole rings is 1. The van der Waals surface area contributed by atoms with Crippen LogP contribution < -0.4 is 0 Å². The number of nitrogens with zero attached hydrogens (tertiary/aromatic N) is 2. The van der Waals surface area contributed by atoms with E-state index in [2.05, 4.69) is 4.98 Å². The molecule has 5 heteroatoms. The third-order valence-electron chi connectivity index (χ3n) is 2.59. The number of hydrogen-bond donors (Lipinski definition) is 1. The number of hydrogen-bond acceptors (Lipinski definition) is 2. The number of aromatic nitrogens is 2. The Bertz CT molecular complexity index is 551. The summed E-state index contributed by atoms with van der Waals surface area (Å²) in [6.07, 6.45) is 4.10. The summed E-state index contributed by atoms with van der Waals surface area (Å²) in [7, 11) is 0. The topological polar surface area (TPSA) is 55.1 Å². The number of benzene rings is 1. The van der Waals surface area contributed by atoms with Crippen molar-refractivity contribution in [2.75, 3.05) is 0 Å². The molecule has 1 heterocycles. The van der Waals surface area contributed by atoms with Crippen LogP contribution in [0.4, 0.5) is 0 Å². The lowest BCUT2D eigenvalue weighted by Gasteiger charge is -2.04. The van der Waals surface area contributed by atoms with Gasteiger partial charge in [-0.25, -0.2) is 4.98 Å². The monoisotopic (exact) mass is 264 g/mol. The summed E-state index contributed by atoms with van der Waals surface area (Å²) in [5, 5.41) is 9.32. The lowest BCUT2D eigenvalue weighted by atomic mass is 10.2. The highest BCUT2D eigenvalue weighted by Gasteiger charge is 2.04. The Morgan fingerprint density at radius 2 is 2.17 bits per heavy atom. The highest BCUT2D eigenvalue weighted by atomic mass is 35.5. The Morgan fingerprint density at radius 3 is 2.89 bits per heavy atom. The van der Waals surface area contributed by atoms with Gasteiger partial charge in [0.05, 0.1) is 18.4 Å². The summed E-state index contributed by atoms with van der Waals surface area (Å²) < 4.78 is 1.90. The van der Waals surface area contributed by atoms with Gasteiger partial charge >= 0.3 is 5.97 Å². The summed E-state index contributed by atoms with van der Waals surface area (Å²) >= 11 is 6.07. The smallest absolute Gasteiger partial charge is 0.303 e. The second kappa shape index (κ2) is 5.69. The van der Waals surface area contributed by atoms with Gasteiger partial charge in [0, 0.05) is 24.2 Å². The van der Waals surface area contributed by atoms with Crippen LogP contribution in [0.25, 0.3) is 0 Å². The number of carboxylic acid groups (broad SMARTS) is 1. The fourth-order valence-corrected chi connectivity index (χ4v) is 1.88. The van der Waals surface area contributed by atoms with Crippen LogP contribution in [0.5, 0.6) is 0 Å². The van der Waals surface area contributed by atoms with Crippen molar-refractivity contribution in [3.8, 4) is 0 Å². The molecule has 2 rings (SSSR count). The molecule has 0 bridgehead atoms. The summed E-state index contributed by atoms with van der Waals surface area (Å²) in [5.41, 5.74) is 1.80. The first-order chi connectivity index (χ1) is 8.65. The van der Waals surface area contributed by atoms with Crippen LogP contribution in [-0.2, 0) is 17.8 Å². The van der Waals surface area contributed by atoms with E-state index in [0.29, 0.717) is 13.0 Å². The van der Waals surface area contributed by atoms with E-state index in [9.17, 15) is 4.79 Å². The Kier molecular flexibility index (Phi) is 3.99. The standard InChI is InChI=1S/C13H13ClN2O2/c14-12-4-2-1-3-10(12)7-16-8-11(15-9-16)5-6-13(17)18/h1-4,8-9H,5-7H2,(H,17,18). The van der Waals surface area contributed by atoms with Crippen LogP contribution in [0.3, 0.4) is 0 Å². The normalized spacial score (nSPS) is 10.5. The van der Waals surface area contributed by atoms with Gasteiger partial charge in [-0.1, -0.05) is 29.8 Å². The molecule has 1 aromatic carbocycles. The minimum absolute atomic E-state index is 0.100. The van der Waals surface area contributed by atoms with Gasteiger partial charge in [0.1, 0.15) is 0 Å². The first-order valence-electron chi connectivity index (χ1n) is 5.61. The highest BCUT2D eigenvalue weighted by molar-refractivity contribution is 6.31. The molecule has 0 unspecified atom stereocenters. The first kappa shape index (κ1) is 12.6. The van der Waals surface area contributed by atoms with Gasteiger partial charge in [0.15, 0.2) is 0 Å². The van der Waals surface area contributed by atoms with Crippen LogP contribution in [-0.4, -0.2) is 20.6 Å². The van der Waals surface area contributed by atoms with E-state index in [0.717, 1.165) is 16.3 Å². The summed E-state index contributed by atoms with van der Waals surface area (Å²) in [6, 6.07) is 7.62. The predicted octanol–water partition coefficient (Wildman–Crippen LogP) is 2.60. The highest BCUT2D eigenvalue weighted by Crippen LogP contribution is 2.16. The van der Waals surface area contributed by atoms with E-state index in [4.69, 9.17) is 16.7 Å². The minimum atomic E-state index is -0.810. The second-order valence-corrected chi connectivity index (χ2v) is 4.43. The van der Waals surface area contributed by atoms with E-state index in [1.54, 1.807) is 6.33 Å². The number of aliphatic carboxylic acids is 1. The van der Waals surface area contributed by atoms with Crippen molar-refractivity contribution in [3.05, 3.63) is 53.1 Å². The third kappa shape index (κ3) is 3.34. The van der Waals surface area contributed by atoms with E-state index in [1.807, 2.05) is 35.0 Å². The maximum Gasteiger partial charge on any atom is 0.303 e. The molecule has 2 aromatic rings. The van der Waals surface area contributed by atoms with E-state index >= 15 is 0 Å². The second-order valence-electron chi connectivity index (χ2n) is 4.02. The largest absolute Gasteiger partial charge is 0.481 e. The first-order valence-corrected chi connectivity index (χ1v) is 5.99. The fraction of sp³-hybridized carbons (Fsp3) is 0.231. The molecule has 0 fully saturated rings. The van der Waals surface area contributed by atoms with Crippen molar-refractivity contribution in [1.82, 2.24) is 9.55 Å². The molecule has 0 saturated carbocycles. The molecule has 0 saturated heterocycles. The fourth-order valence-electron chi connectivity index (χ4n) is 1.68. The zero-order valence-corrected chi connectivity index (χ0v) is 10.5. The van der Waals surface area contributed by atoms with Gasteiger partial charge in [-0.15, -0.1) is 0 Å². The van der Waals surface area contributed by atoms with Gasteiger partial charge < -0.3 is 9.67 Å². The molecule has 0 spiro atoms. The van der Waals surface area contributed by atoms with Crippen molar-refractivity contribution in [2.24, 2.45) is 0 Å².